The lowest BCUT2D eigenvalue weighted by Crippen LogP contribution is -2.48. The standard InChI is InChI=1S/C16H25BrN2O/c1-16(2,3)15(19-9-7-18-8-10-19)13-11-12(20-4)5-6-14(13)17/h5-6,11,15,18H,7-10H2,1-4H3/t15-/m0/s1. The molecule has 0 bridgehead atoms. The summed E-state index contributed by atoms with van der Waals surface area (Å²) < 4.78 is 6.57. The van der Waals surface area contributed by atoms with Crippen molar-refractivity contribution in [2.24, 2.45) is 5.41 Å². The molecular formula is C16H25BrN2O. The zero-order valence-corrected chi connectivity index (χ0v) is 14.5. The zero-order chi connectivity index (χ0) is 14.8. The van der Waals surface area contributed by atoms with E-state index in [0.717, 1.165) is 36.4 Å². The molecule has 0 aliphatic carbocycles. The van der Waals surface area contributed by atoms with Crippen LogP contribution in [-0.4, -0.2) is 38.2 Å². The molecule has 0 aromatic heterocycles. The fourth-order valence-electron chi connectivity index (χ4n) is 3.01. The fraction of sp³-hybridized carbons (Fsp3) is 0.625. The van der Waals surface area contributed by atoms with Crippen LogP contribution >= 0.6 is 15.9 Å². The first-order chi connectivity index (χ1) is 9.43. The van der Waals surface area contributed by atoms with Crippen LogP contribution in [0.1, 0.15) is 32.4 Å². The summed E-state index contributed by atoms with van der Waals surface area (Å²) in [7, 11) is 1.73. The van der Waals surface area contributed by atoms with Gasteiger partial charge >= 0.3 is 0 Å². The summed E-state index contributed by atoms with van der Waals surface area (Å²) in [6.45, 7) is 11.2. The van der Waals surface area contributed by atoms with Crippen molar-refractivity contribution in [1.82, 2.24) is 10.2 Å². The molecule has 0 radical (unpaired) electrons. The van der Waals surface area contributed by atoms with Crippen molar-refractivity contribution in [2.75, 3.05) is 33.3 Å². The normalized spacial score (nSPS) is 18.9. The summed E-state index contributed by atoms with van der Waals surface area (Å²) in [6.07, 6.45) is 0. The van der Waals surface area contributed by atoms with Gasteiger partial charge in [0.15, 0.2) is 0 Å². The van der Waals surface area contributed by atoms with Gasteiger partial charge in [-0.1, -0.05) is 36.7 Å². The van der Waals surface area contributed by atoms with Crippen LogP contribution in [0.3, 0.4) is 0 Å². The lowest BCUT2D eigenvalue weighted by molar-refractivity contribution is 0.0855. The smallest absolute Gasteiger partial charge is 0.119 e. The summed E-state index contributed by atoms with van der Waals surface area (Å²) in [6, 6.07) is 6.65. The first-order valence-corrected chi connectivity index (χ1v) is 8.01. The van der Waals surface area contributed by atoms with Crippen molar-refractivity contribution in [3.8, 4) is 5.75 Å². The molecule has 2 rings (SSSR count). The average Bonchev–Trinajstić information content (AvgIpc) is 2.41. The van der Waals surface area contributed by atoms with Gasteiger partial charge in [0, 0.05) is 36.7 Å². The van der Waals surface area contributed by atoms with Crippen LogP contribution < -0.4 is 10.1 Å². The number of hydrogen-bond donors (Lipinski definition) is 1. The Labute approximate surface area is 130 Å². The maximum atomic E-state index is 5.41. The molecule has 1 aliphatic rings. The quantitative estimate of drug-likeness (QED) is 0.911. The van der Waals surface area contributed by atoms with E-state index in [2.05, 4.69) is 59.1 Å². The molecule has 0 amide bonds. The van der Waals surface area contributed by atoms with Crippen LogP contribution in [0.4, 0.5) is 0 Å². The summed E-state index contributed by atoms with van der Waals surface area (Å²) >= 11 is 3.72. The molecule has 1 N–H and O–H groups in total. The van der Waals surface area contributed by atoms with Gasteiger partial charge in [-0.15, -0.1) is 0 Å². The Bertz CT molecular complexity index is 450. The van der Waals surface area contributed by atoms with E-state index in [1.165, 1.54) is 5.56 Å². The zero-order valence-electron chi connectivity index (χ0n) is 12.9. The van der Waals surface area contributed by atoms with Gasteiger partial charge in [0.2, 0.25) is 0 Å². The number of piperazine rings is 1. The van der Waals surface area contributed by atoms with Gasteiger partial charge in [-0.25, -0.2) is 0 Å². The van der Waals surface area contributed by atoms with Crippen molar-refractivity contribution in [3.63, 3.8) is 0 Å². The second-order valence-electron chi connectivity index (χ2n) is 6.44. The Kier molecular flexibility index (Phi) is 5.10. The molecule has 3 nitrogen and oxygen atoms in total. The molecule has 1 fully saturated rings. The van der Waals surface area contributed by atoms with Crippen molar-refractivity contribution in [2.45, 2.75) is 26.8 Å². The van der Waals surface area contributed by atoms with Crippen molar-refractivity contribution in [1.29, 1.82) is 0 Å². The number of halogens is 1. The van der Waals surface area contributed by atoms with Crippen LogP contribution in [0.2, 0.25) is 0 Å². The molecule has 1 aromatic rings. The number of methoxy groups -OCH3 is 1. The van der Waals surface area contributed by atoms with Gasteiger partial charge in [0.25, 0.3) is 0 Å². The molecule has 1 aliphatic heterocycles. The largest absolute Gasteiger partial charge is 0.497 e. The Morgan fingerprint density at radius 1 is 1.25 bits per heavy atom. The number of nitrogens with zero attached hydrogens (tertiary/aromatic N) is 1. The lowest BCUT2D eigenvalue weighted by Gasteiger charge is -2.43. The molecule has 1 atom stereocenters. The van der Waals surface area contributed by atoms with E-state index in [4.69, 9.17) is 4.74 Å². The third-order valence-corrected chi connectivity index (χ3v) is 4.56. The first kappa shape index (κ1) is 15.8. The predicted molar refractivity (Wildman–Crippen MR) is 87.3 cm³/mol. The molecule has 1 saturated heterocycles. The van der Waals surface area contributed by atoms with E-state index in [1.807, 2.05) is 6.07 Å². The average molecular weight is 341 g/mol. The van der Waals surface area contributed by atoms with E-state index in [1.54, 1.807) is 7.11 Å². The van der Waals surface area contributed by atoms with Crippen LogP contribution in [0.5, 0.6) is 5.75 Å². The van der Waals surface area contributed by atoms with Crippen LogP contribution in [0.25, 0.3) is 0 Å². The Hall–Kier alpha value is -0.580. The molecule has 1 aromatic carbocycles. The summed E-state index contributed by atoms with van der Waals surface area (Å²) in [4.78, 5) is 2.58. The molecule has 4 heteroatoms. The fourth-order valence-corrected chi connectivity index (χ4v) is 3.47. The van der Waals surface area contributed by atoms with Gasteiger partial charge in [0.1, 0.15) is 5.75 Å². The van der Waals surface area contributed by atoms with E-state index in [-0.39, 0.29) is 5.41 Å². The van der Waals surface area contributed by atoms with Crippen LogP contribution in [0, 0.1) is 5.41 Å². The van der Waals surface area contributed by atoms with Crippen LogP contribution in [0.15, 0.2) is 22.7 Å². The monoisotopic (exact) mass is 340 g/mol. The van der Waals surface area contributed by atoms with Gasteiger partial charge in [-0.3, -0.25) is 4.90 Å². The Balaban J connectivity index is 2.40. The summed E-state index contributed by atoms with van der Waals surface area (Å²) in [5.74, 6) is 0.924. The minimum absolute atomic E-state index is 0.173. The molecule has 0 saturated carbocycles. The molecule has 1 heterocycles. The number of nitrogens with one attached hydrogen (secondary N) is 1. The number of rotatable bonds is 3. The SMILES string of the molecule is COc1ccc(Br)c([C@H](N2CCNCC2)C(C)(C)C)c1. The minimum Gasteiger partial charge on any atom is -0.497 e. The summed E-state index contributed by atoms with van der Waals surface area (Å²) in [5, 5.41) is 3.43. The highest BCUT2D eigenvalue weighted by molar-refractivity contribution is 9.10. The number of ether oxygens (including phenoxy) is 1. The van der Waals surface area contributed by atoms with Gasteiger partial charge in [0.05, 0.1) is 7.11 Å². The van der Waals surface area contributed by atoms with Gasteiger partial charge in [-0.05, 0) is 29.2 Å². The maximum Gasteiger partial charge on any atom is 0.119 e. The van der Waals surface area contributed by atoms with Gasteiger partial charge in [-0.2, -0.15) is 0 Å². The molecular weight excluding hydrogens is 316 g/mol. The van der Waals surface area contributed by atoms with E-state index in [9.17, 15) is 0 Å². The van der Waals surface area contributed by atoms with Gasteiger partial charge < -0.3 is 10.1 Å². The lowest BCUT2D eigenvalue weighted by atomic mass is 9.81. The topological polar surface area (TPSA) is 24.5 Å². The van der Waals surface area contributed by atoms with E-state index in [0.29, 0.717) is 6.04 Å². The van der Waals surface area contributed by atoms with E-state index >= 15 is 0 Å². The Morgan fingerprint density at radius 3 is 2.45 bits per heavy atom. The molecule has 112 valence electrons. The molecule has 0 unspecified atom stereocenters. The third kappa shape index (κ3) is 3.54. The highest BCUT2D eigenvalue weighted by Crippen LogP contribution is 2.42. The second kappa shape index (κ2) is 6.46. The van der Waals surface area contributed by atoms with Crippen molar-refractivity contribution < 1.29 is 4.74 Å². The van der Waals surface area contributed by atoms with Crippen LogP contribution in [-0.2, 0) is 0 Å². The number of benzene rings is 1. The van der Waals surface area contributed by atoms with Crippen molar-refractivity contribution >= 4 is 15.9 Å². The Morgan fingerprint density at radius 2 is 1.90 bits per heavy atom. The maximum absolute atomic E-state index is 5.41. The molecule has 20 heavy (non-hydrogen) atoms. The number of hydrogen-bond acceptors (Lipinski definition) is 3. The molecule has 0 spiro atoms. The highest BCUT2D eigenvalue weighted by Gasteiger charge is 2.33. The predicted octanol–water partition coefficient (Wildman–Crippen LogP) is 3.45. The highest BCUT2D eigenvalue weighted by atomic mass is 79.9. The van der Waals surface area contributed by atoms with Crippen molar-refractivity contribution in [3.05, 3.63) is 28.2 Å². The second-order valence-corrected chi connectivity index (χ2v) is 7.30. The summed E-state index contributed by atoms with van der Waals surface area (Å²) in [5.41, 5.74) is 1.49. The third-order valence-electron chi connectivity index (χ3n) is 3.83. The minimum atomic E-state index is 0.173. The first-order valence-electron chi connectivity index (χ1n) is 7.21. The van der Waals surface area contributed by atoms with E-state index < -0.39 is 0 Å².